The van der Waals surface area contributed by atoms with Crippen LogP contribution in [0.4, 0.5) is 5.69 Å². The van der Waals surface area contributed by atoms with Crippen LogP contribution in [0.1, 0.15) is 12.5 Å². The predicted octanol–water partition coefficient (Wildman–Crippen LogP) is 1.29. The number of benzene rings is 1. The first kappa shape index (κ1) is 11.0. The summed E-state index contributed by atoms with van der Waals surface area (Å²) in [6.45, 7) is 1.44. The first-order chi connectivity index (χ1) is 6.35. The Morgan fingerprint density at radius 2 is 2.14 bits per heavy atom. The Morgan fingerprint density at radius 3 is 2.57 bits per heavy atom. The summed E-state index contributed by atoms with van der Waals surface area (Å²) in [5, 5.41) is 8.91. The van der Waals surface area contributed by atoms with Crippen molar-refractivity contribution < 1.29 is 9.90 Å². The van der Waals surface area contributed by atoms with Gasteiger partial charge in [0.2, 0.25) is 0 Å². The number of carboxylic acids is 1. The topological polar surface area (TPSA) is 89.3 Å². The summed E-state index contributed by atoms with van der Waals surface area (Å²) in [6.07, 6.45) is 0. The maximum Gasteiger partial charge on any atom is 0.328 e. The molecule has 4 nitrogen and oxygen atoms in total. The predicted molar refractivity (Wildman–Crippen MR) is 57.7 cm³/mol. The third-order valence-electron chi connectivity index (χ3n) is 2.00. The van der Waals surface area contributed by atoms with Crippen molar-refractivity contribution in [1.29, 1.82) is 0 Å². The van der Waals surface area contributed by atoms with Crippen LogP contribution in [0.5, 0.6) is 0 Å². The maximum atomic E-state index is 10.9. The molecule has 0 fully saturated rings. The molecule has 0 saturated heterocycles. The lowest BCUT2D eigenvalue weighted by molar-refractivity contribution is -0.143. The smallest absolute Gasteiger partial charge is 0.328 e. The highest BCUT2D eigenvalue weighted by molar-refractivity contribution is 9.10. The molecule has 1 atom stereocenters. The second kappa shape index (κ2) is 3.59. The van der Waals surface area contributed by atoms with Crippen LogP contribution in [0, 0.1) is 0 Å². The molecule has 14 heavy (non-hydrogen) atoms. The Morgan fingerprint density at radius 1 is 1.57 bits per heavy atom. The molecule has 5 N–H and O–H groups in total. The molecule has 0 aliphatic heterocycles. The second-order valence-electron chi connectivity index (χ2n) is 3.25. The summed E-state index contributed by atoms with van der Waals surface area (Å²) in [6, 6.07) is 4.85. The normalized spacial score (nSPS) is 14.8. The molecule has 1 rings (SSSR count). The molecule has 0 bridgehead atoms. The number of nitrogens with two attached hydrogens (primary N) is 2. The fourth-order valence-corrected chi connectivity index (χ4v) is 1.88. The fraction of sp³-hybridized carbons (Fsp3) is 0.222. The Labute approximate surface area is 90.0 Å². The number of carbonyl (C=O) groups is 1. The van der Waals surface area contributed by atoms with Gasteiger partial charge in [-0.25, -0.2) is 4.79 Å². The van der Waals surface area contributed by atoms with Crippen molar-refractivity contribution in [2.24, 2.45) is 5.73 Å². The van der Waals surface area contributed by atoms with E-state index in [0.29, 0.717) is 15.7 Å². The van der Waals surface area contributed by atoms with E-state index >= 15 is 0 Å². The van der Waals surface area contributed by atoms with Gasteiger partial charge in [-0.3, -0.25) is 0 Å². The van der Waals surface area contributed by atoms with Crippen LogP contribution in [0.3, 0.4) is 0 Å². The Kier molecular flexibility index (Phi) is 2.82. The van der Waals surface area contributed by atoms with Gasteiger partial charge in [0.05, 0.1) is 0 Å². The van der Waals surface area contributed by atoms with E-state index in [0.717, 1.165) is 0 Å². The summed E-state index contributed by atoms with van der Waals surface area (Å²) in [7, 11) is 0. The van der Waals surface area contributed by atoms with Crippen molar-refractivity contribution in [3.8, 4) is 0 Å². The van der Waals surface area contributed by atoms with Gasteiger partial charge in [-0.1, -0.05) is 22.0 Å². The van der Waals surface area contributed by atoms with Crippen molar-refractivity contribution in [2.45, 2.75) is 12.5 Å². The minimum absolute atomic E-state index is 0.499. The molecular weight excluding hydrogens is 248 g/mol. The van der Waals surface area contributed by atoms with Crippen LogP contribution in [0.2, 0.25) is 0 Å². The Bertz CT molecular complexity index is 377. The van der Waals surface area contributed by atoms with Crippen molar-refractivity contribution in [3.05, 3.63) is 28.2 Å². The van der Waals surface area contributed by atoms with Gasteiger partial charge < -0.3 is 16.6 Å². The van der Waals surface area contributed by atoms with Crippen LogP contribution < -0.4 is 11.5 Å². The molecule has 0 aromatic heterocycles. The highest BCUT2D eigenvalue weighted by Crippen LogP contribution is 2.28. The van der Waals surface area contributed by atoms with Crippen molar-refractivity contribution in [2.75, 3.05) is 5.73 Å². The van der Waals surface area contributed by atoms with Gasteiger partial charge in [-0.15, -0.1) is 0 Å². The van der Waals surface area contributed by atoms with Crippen molar-refractivity contribution in [1.82, 2.24) is 0 Å². The van der Waals surface area contributed by atoms with E-state index < -0.39 is 11.5 Å². The summed E-state index contributed by atoms with van der Waals surface area (Å²) in [5.41, 5.74) is 10.8. The molecule has 0 amide bonds. The van der Waals surface area contributed by atoms with Crippen LogP contribution in [-0.2, 0) is 10.3 Å². The molecule has 1 aromatic rings. The molecule has 0 aliphatic rings. The lowest BCUT2D eigenvalue weighted by Gasteiger charge is -2.21. The lowest BCUT2D eigenvalue weighted by atomic mass is 9.93. The van der Waals surface area contributed by atoms with Crippen molar-refractivity contribution >= 4 is 27.6 Å². The van der Waals surface area contributed by atoms with Crippen LogP contribution >= 0.6 is 15.9 Å². The van der Waals surface area contributed by atoms with Crippen LogP contribution in [-0.4, -0.2) is 11.1 Å². The van der Waals surface area contributed by atoms with E-state index in [2.05, 4.69) is 15.9 Å². The van der Waals surface area contributed by atoms with E-state index in [-0.39, 0.29) is 0 Å². The Hall–Kier alpha value is -1.07. The summed E-state index contributed by atoms with van der Waals surface area (Å²) in [4.78, 5) is 10.9. The number of hydrogen-bond acceptors (Lipinski definition) is 3. The molecule has 0 heterocycles. The first-order valence-electron chi connectivity index (χ1n) is 3.93. The molecular formula is C9H11BrN2O2. The van der Waals surface area contributed by atoms with Gasteiger partial charge in [0.15, 0.2) is 0 Å². The van der Waals surface area contributed by atoms with E-state index in [1.54, 1.807) is 18.2 Å². The summed E-state index contributed by atoms with van der Waals surface area (Å²) in [5.74, 6) is -1.08. The lowest BCUT2D eigenvalue weighted by Crippen LogP contribution is -2.41. The number of halogens is 1. The zero-order valence-corrected chi connectivity index (χ0v) is 9.21. The fourth-order valence-electron chi connectivity index (χ4n) is 1.07. The molecule has 76 valence electrons. The molecule has 0 saturated carbocycles. The minimum atomic E-state index is -1.41. The second-order valence-corrected chi connectivity index (χ2v) is 4.10. The zero-order chi connectivity index (χ0) is 10.9. The average Bonchev–Trinajstić information content (AvgIpc) is 2.02. The number of rotatable bonds is 2. The zero-order valence-electron chi connectivity index (χ0n) is 7.62. The number of hydrogen-bond donors (Lipinski definition) is 3. The number of nitrogen functional groups attached to an aromatic ring is 1. The third-order valence-corrected chi connectivity index (χ3v) is 2.65. The van der Waals surface area contributed by atoms with Crippen LogP contribution in [0.25, 0.3) is 0 Å². The van der Waals surface area contributed by atoms with Gasteiger partial charge in [0.25, 0.3) is 0 Å². The molecule has 1 aromatic carbocycles. The quantitative estimate of drug-likeness (QED) is 0.698. The van der Waals surface area contributed by atoms with E-state index in [1.807, 2.05) is 0 Å². The minimum Gasteiger partial charge on any atom is -0.480 e. The molecule has 0 unspecified atom stereocenters. The number of carboxylic acid groups (broad SMARTS) is 1. The van der Waals surface area contributed by atoms with Gasteiger partial charge in [0.1, 0.15) is 5.54 Å². The summed E-state index contributed by atoms with van der Waals surface area (Å²) >= 11 is 3.23. The monoisotopic (exact) mass is 258 g/mol. The van der Waals surface area contributed by atoms with Gasteiger partial charge in [-0.2, -0.15) is 0 Å². The van der Waals surface area contributed by atoms with Crippen molar-refractivity contribution in [3.63, 3.8) is 0 Å². The molecule has 0 spiro atoms. The number of anilines is 1. The van der Waals surface area contributed by atoms with Gasteiger partial charge >= 0.3 is 5.97 Å². The highest BCUT2D eigenvalue weighted by Gasteiger charge is 2.31. The average molecular weight is 259 g/mol. The number of aliphatic carboxylic acids is 1. The molecule has 0 radical (unpaired) electrons. The summed E-state index contributed by atoms with van der Waals surface area (Å²) < 4.78 is 0.602. The maximum absolute atomic E-state index is 10.9. The third kappa shape index (κ3) is 1.88. The van der Waals surface area contributed by atoms with E-state index in [1.165, 1.54) is 6.92 Å². The standard InChI is InChI=1S/C9H11BrN2O2/c1-9(12,8(13)14)6-3-2-5(11)4-7(6)10/h2-4H,11-12H2,1H3,(H,13,14)/t9-/m1/s1. The van der Waals surface area contributed by atoms with E-state index in [4.69, 9.17) is 16.6 Å². The molecule has 5 heteroatoms. The highest BCUT2D eigenvalue weighted by atomic mass is 79.9. The van der Waals surface area contributed by atoms with E-state index in [9.17, 15) is 4.79 Å². The van der Waals surface area contributed by atoms with Gasteiger partial charge in [-0.05, 0) is 24.6 Å². The largest absolute Gasteiger partial charge is 0.480 e. The van der Waals surface area contributed by atoms with Crippen LogP contribution in [0.15, 0.2) is 22.7 Å². The van der Waals surface area contributed by atoms with Gasteiger partial charge in [0, 0.05) is 10.2 Å². The molecule has 0 aliphatic carbocycles. The first-order valence-corrected chi connectivity index (χ1v) is 4.73. The Balaban J connectivity index is 3.26. The SMILES string of the molecule is C[C@](N)(C(=O)O)c1ccc(N)cc1Br.